The molecule has 0 aromatic heterocycles. The Hall–Kier alpha value is -1.98. The van der Waals surface area contributed by atoms with Gasteiger partial charge in [0, 0.05) is 12.7 Å². The Morgan fingerprint density at radius 1 is 1.33 bits per heavy atom. The zero-order chi connectivity index (χ0) is 16.8. The van der Waals surface area contributed by atoms with Crippen LogP contribution in [-0.2, 0) is 4.79 Å². The summed E-state index contributed by atoms with van der Waals surface area (Å²) in [5, 5.41) is 8.07. The van der Waals surface area contributed by atoms with E-state index in [1.807, 2.05) is 24.3 Å². The summed E-state index contributed by atoms with van der Waals surface area (Å²) >= 11 is 0. The van der Waals surface area contributed by atoms with E-state index in [2.05, 4.69) is 10.4 Å². The molecule has 3 aliphatic rings. The molecule has 2 aliphatic carbocycles. The van der Waals surface area contributed by atoms with E-state index in [0.29, 0.717) is 5.92 Å². The van der Waals surface area contributed by atoms with E-state index in [1.165, 1.54) is 24.3 Å². The van der Waals surface area contributed by atoms with Crippen LogP contribution < -0.4 is 5.32 Å². The Balaban J connectivity index is 1.49. The van der Waals surface area contributed by atoms with Gasteiger partial charge in [-0.05, 0) is 48.6 Å². The van der Waals surface area contributed by atoms with Crippen LogP contribution in [0.5, 0.6) is 0 Å². The van der Waals surface area contributed by atoms with Crippen molar-refractivity contribution in [2.75, 3.05) is 18.9 Å². The van der Waals surface area contributed by atoms with Gasteiger partial charge in [0.05, 0.1) is 6.54 Å². The van der Waals surface area contributed by atoms with Crippen molar-refractivity contribution in [3.8, 4) is 0 Å². The number of carbonyl (C=O) groups is 1. The van der Waals surface area contributed by atoms with E-state index in [9.17, 15) is 13.6 Å². The maximum absolute atomic E-state index is 13.1. The molecule has 0 saturated heterocycles. The number of amides is 1. The average Bonchev–Trinajstić information content (AvgIpc) is 3.44. The molecule has 1 aliphatic heterocycles. The number of hydrazone groups is 1. The van der Waals surface area contributed by atoms with Gasteiger partial charge >= 0.3 is 0 Å². The van der Waals surface area contributed by atoms with Gasteiger partial charge in [-0.15, -0.1) is 0 Å². The SMILES string of the molecule is CN1CC(C(=O)Nc2ccccc2C2CC2C2CC2)C(C(F)F)=N1. The first-order valence-electron chi connectivity index (χ1n) is 8.52. The van der Waals surface area contributed by atoms with Crippen molar-refractivity contribution in [2.24, 2.45) is 22.9 Å². The second-order valence-corrected chi connectivity index (χ2v) is 7.14. The predicted octanol–water partition coefficient (Wildman–Crippen LogP) is 3.32. The van der Waals surface area contributed by atoms with Crippen LogP contribution in [-0.4, -0.2) is 36.6 Å². The van der Waals surface area contributed by atoms with Crippen molar-refractivity contribution < 1.29 is 13.6 Å². The number of benzene rings is 1. The summed E-state index contributed by atoms with van der Waals surface area (Å²) in [5.41, 5.74) is 1.57. The van der Waals surface area contributed by atoms with E-state index >= 15 is 0 Å². The molecule has 0 spiro atoms. The van der Waals surface area contributed by atoms with Gasteiger partial charge in [-0.2, -0.15) is 5.10 Å². The van der Waals surface area contributed by atoms with Gasteiger partial charge < -0.3 is 5.32 Å². The van der Waals surface area contributed by atoms with Crippen LogP contribution in [0.1, 0.15) is 30.7 Å². The summed E-state index contributed by atoms with van der Waals surface area (Å²) in [6.45, 7) is 0.196. The van der Waals surface area contributed by atoms with E-state index in [-0.39, 0.29) is 12.3 Å². The molecule has 1 amide bonds. The Morgan fingerprint density at radius 3 is 2.79 bits per heavy atom. The highest BCUT2D eigenvalue weighted by Crippen LogP contribution is 2.60. The lowest BCUT2D eigenvalue weighted by Gasteiger charge is -2.16. The molecule has 4 nitrogen and oxygen atoms in total. The van der Waals surface area contributed by atoms with Crippen LogP contribution in [0.15, 0.2) is 29.4 Å². The van der Waals surface area contributed by atoms with Crippen molar-refractivity contribution in [1.82, 2.24) is 5.01 Å². The lowest BCUT2D eigenvalue weighted by molar-refractivity contribution is -0.118. The molecule has 2 saturated carbocycles. The minimum absolute atomic E-state index is 0.196. The highest BCUT2D eigenvalue weighted by molar-refractivity contribution is 6.11. The molecule has 2 fully saturated rings. The molecular weight excluding hydrogens is 312 g/mol. The maximum Gasteiger partial charge on any atom is 0.279 e. The van der Waals surface area contributed by atoms with Crippen molar-refractivity contribution in [1.29, 1.82) is 0 Å². The molecule has 4 rings (SSSR count). The summed E-state index contributed by atoms with van der Waals surface area (Å²) < 4.78 is 26.2. The molecular formula is C18H21F2N3O. The molecule has 1 aromatic carbocycles. The molecule has 3 unspecified atom stereocenters. The number of alkyl halides is 2. The molecule has 24 heavy (non-hydrogen) atoms. The van der Waals surface area contributed by atoms with Gasteiger partial charge in [0.2, 0.25) is 5.91 Å². The monoisotopic (exact) mass is 333 g/mol. The van der Waals surface area contributed by atoms with Crippen molar-refractivity contribution in [3.63, 3.8) is 0 Å². The molecule has 0 radical (unpaired) electrons. The molecule has 3 atom stereocenters. The third kappa shape index (κ3) is 2.89. The second-order valence-electron chi connectivity index (χ2n) is 7.14. The smallest absolute Gasteiger partial charge is 0.279 e. The zero-order valence-electron chi connectivity index (χ0n) is 13.6. The fraction of sp³-hybridized carbons (Fsp3) is 0.556. The van der Waals surface area contributed by atoms with Crippen molar-refractivity contribution in [2.45, 2.75) is 31.6 Å². The first-order chi connectivity index (χ1) is 11.5. The molecule has 0 bridgehead atoms. The second kappa shape index (κ2) is 5.83. The summed E-state index contributed by atoms with van der Waals surface area (Å²) in [5.74, 6) is 0.804. The number of para-hydroxylation sites is 1. The van der Waals surface area contributed by atoms with Gasteiger partial charge in [-0.3, -0.25) is 9.80 Å². The number of nitrogens with one attached hydrogen (secondary N) is 1. The first-order valence-corrected chi connectivity index (χ1v) is 8.52. The van der Waals surface area contributed by atoms with E-state index in [4.69, 9.17) is 0 Å². The number of hydrogen-bond acceptors (Lipinski definition) is 3. The number of carbonyl (C=O) groups excluding carboxylic acids is 1. The Bertz CT molecular complexity index is 687. The molecule has 1 aromatic rings. The third-order valence-corrected chi connectivity index (χ3v) is 5.32. The van der Waals surface area contributed by atoms with Gasteiger partial charge in [0.15, 0.2) is 0 Å². The molecule has 1 N–H and O–H groups in total. The zero-order valence-corrected chi connectivity index (χ0v) is 13.6. The molecule has 128 valence electrons. The third-order valence-electron chi connectivity index (χ3n) is 5.32. The summed E-state index contributed by atoms with van der Waals surface area (Å²) in [6, 6.07) is 7.76. The average molecular weight is 333 g/mol. The quantitative estimate of drug-likeness (QED) is 0.898. The fourth-order valence-corrected chi connectivity index (χ4v) is 3.85. The standard InChI is InChI=1S/C18H21F2N3O/c1-23-9-14(16(22-23)17(19)20)18(24)21-15-5-3-2-4-11(15)13-8-12(13)10-6-7-10/h2-5,10,12-14,17H,6-9H2,1H3,(H,21,24). The fourth-order valence-electron chi connectivity index (χ4n) is 3.85. The first kappa shape index (κ1) is 15.5. The molecule has 1 heterocycles. The van der Waals surface area contributed by atoms with E-state index < -0.39 is 18.3 Å². The van der Waals surface area contributed by atoms with Gasteiger partial charge in [-0.1, -0.05) is 18.2 Å². The highest BCUT2D eigenvalue weighted by atomic mass is 19.3. The van der Waals surface area contributed by atoms with Crippen LogP contribution in [0.2, 0.25) is 0 Å². The largest absolute Gasteiger partial charge is 0.325 e. The topological polar surface area (TPSA) is 44.7 Å². The van der Waals surface area contributed by atoms with Crippen LogP contribution in [0.4, 0.5) is 14.5 Å². The summed E-state index contributed by atoms with van der Waals surface area (Å²) in [4.78, 5) is 12.5. The van der Waals surface area contributed by atoms with Crippen LogP contribution in [0.3, 0.4) is 0 Å². The number of halogens is 2. The lowest BCUT2D eigenvalue weighted by Crippen LogP contribution is -2.34. The number of hydrogen-bond donors (Lipinski definition) is 1. The van der Waals surface area contributed by atoms with Crippen molar-refractivity contribution >= 4 is 17.3 Å². The Morgan fingerprint density at radius 2 is 2.08 bits per heavy atom. The van der Waals surface area contributed by atoms with E-state index in [0.717, 1.165) is 23.1 Å². The van der Waals surface area contributed by atoms with Gasteiger partial charge in [0.1, 0.15) is 11.6 Å². The Labute approximate surface area is 139 Å². The van der Waals surface area contributed by atoms with Crippen molar-refractivity contribution in [3.05, 3.63) is 29.8 Å². The van der Waals surface area contributed by atoms with Crippen LogP contribution in [0.25, 0.3) is 0 Å². The lowest BCUT2D eigenvalue weighted by atomic mass is 10.0. The number of anilines is 1. The summed E-state index contributed by atoms with van der Waals surface area (Å²) in [7, 11) is 1.61. The highest BCUT2D eigenvalue weighted by Gasteiger charge is 2.48. The summed E-state index contributed by atoms with van der Waals surface area (Å²) in [6.07, 6.45) is 1.10. The van der Waals surface area contributed by atoms with E-state index in [1.54, 1.807) is 7.05 Å². The minimum atomic E-state index is -2.70. The van der Waals surface area contributed by atoms with Gasteiger partial charge in [-0.25, -0.2) is 8.78 Å². The van der Waals surface area contributed by atoms with Crippen LogP contribution >= 0.6 is 0 Å². The van der Waals surface area contributed by atoms with Crippen LogP contribution in [0, 0.1) is 17.8 Å². The Kier molecular flexibility index (Phi) is 3.77. The number of rotatable bonds is 5. The number of nitrogens with zero attached hydrogens (tertiary/aromatic N) is 2. The minimum Gasteiger partial charge on any atom is -0.325 e. The normalized spacial score (nSPS) is 28.9. The predicted molar refractivity (Wildman–Crippen MR) is 88.2 cm³/mol. The maximum atomic E-state index is 13.1. The molecule has 6 heteroatoms. The van der Waals surface area contributed by atoms with Gasteiger partial charge in [0.25, 0.3) is 6.43 Å².